The first kappa shape index (κ1) is 23.2. The molecule has 7 nitrogen and oxygen atoms in total. The van der Waals surface area contributed by atoms with Gasteiger partial charge < -0.3 is 20.5 Å². The van der Waals surface area contributed by atoms with E-state index in [4.69, 9.17) is 15.2 Å². The number of fused-ring (bicyclic) bond motifs is 1. The number of anilines is 1. The van der Waals surface area contributed by atoms with Crippen LogP contribution in [0.3, 0.4) is 0 Å². The van der Waals surface area contributed by atoms with E-state index in [0.29, 0.717) is 24.5 Å². The molecule has 0 fully saturated rings. The van der Waals surface area contributed by atoms with Gasteiger partial charge in [0.1, 0.15) is 11.6 Å². The summed E-state index contributed by atoms with van der Waals surface area (Å²) in [6.45, 7) is 10.4. The molecule has 3 aromatic rings. The Labute approximate surface area is 189 Å². The van der Waals surface area contributed by atoms with Crippen LogP contribution in [0.25, 0.3) is 11.1 Å². The number of rotatable bonds is 4. The van der Waals surface area contributed by atoms with E-state index in [1.54, 1.807) is 30.6 Å². The number of hydrogen-bond donors (Lipinski definition) is 2. The fourth-order valence-corrected chi connectivity index (χ4v) is 3.31. The molecule has 0 spiro atoms. The van der Waals surface area contributed by atoms with Crippen molar-refractivity contribution in [2.75, 3.05) is 5.73 Å². The van der Waals surface area contributed by atoms with Crippen molar-refractivity contribution < 1.29 is 14.3 Å². The zero-order valence-corrected chi connectivity index (χ0v) is 19.2. The molecule has 0 saturated heterocycles. The average molecular weight is 435 g/mol. The van der Waals surface area contributed by atoms with E-state index in [9.17, 15) is 4.79 Å². The second-order valence-corrected chi connectivity index (χ2v) is 7.70. The van der Waals surface area contributed by atoms with E-state index >= 15 is 0 Å². The minimum absolute atomic E-state index is 0.163. The van der Waals surface area contributed by atoms with Crippen LogP contribution >= 0.6 is 0 Å². The number of aryl methyl sites for hydroxylation is 1. The molecule has 1 aliphatic rings. The highest BCUT2D eigenvalue weighted by molar-refractivity contribution is 5.94. The minimum Gasteiger partial charge on any atom is -0.461 e. The van der Waals surface area contributed by atoms with Crippen LogP contribution in [0.15, 0.2) is 48.8 Å². The van der Waals surface area contributed by atoms with E-state index in [1.807, 2.05) is 52.8 Å². The number of ether oxygens (including phenoxy) is 2. The van der Waals surface area contributed by atoms with Gasteiger partial charge in [-0.05, 0) is 42.3 Å². The molecule has 0 saturated carbocycles. The standard InChI is InChI=1S/C23H24N4O3.C2H6/c1-14-21-19(13-29-23(2,3)30-21)18(11-25-14)12-27-22(28)16-6-4-15(5-7-16)17-8-9-20(24)26-10-17;1-2/h4-11H,12-13H2,1-3H3,(H2,24,26)(H,27,28);1-2H3. The molecule has 1 aromatic carbocycles. The Balaban J connectivity index is 0.00000141. The van der Waals surface area contributed by atoms with Crippen molar-refractivity contribution in [3.63, 3.8) is 0 Å². The number of nitrogen functional groups attached to an aromatic ring is 1. The summed E-state index contributed by atoms with van der Waals surface area (Å²) in [5.74, 6) is 0.355. The Hall–Kier alpha value is -3.45. The number of benzene rings is 1. The van der Waals surface area contributed by atoms with Gasteiger partial charge in [-0.15, -0.1) is 0 Å². The molecule has 3 N–H and O–H groups in total. The largest absolute Gasteiger partial charge is 0.461 e. The second-order valence-electron chi connectivity index (χ2n) is 7.70. The third kappa shape index (κ3) is 5.23. The van der Waals surface area contributed by atoms with Gasteiger partial charge in [0.25, 0.3) is 5.91 Å². The number of nitrogens with two attached hydrogens (primary N) is 1. The molecule has 2 aromatic heterocycles. The SMILES string of the molecule is CC.Cc1ncc(CNC(=O)c2ccc(-c3ccc(N)nc3)cc2)c2c1OC(C)(C)OC2. The summed E-state index contributed by atoms with van der Waals surface area (Å²) in [6, 6.07) is 11.0. The third-order valence-electron chi connectivity index (χ3n) is 5.02. The first-order valence-electron chi connectivity index (χ1n) is 10.7. The van der Waals surface area contributed by atoms with Crippen molar-refractivity contribution in [1.29, 1.82) is 0 Å². The van der Waals surface area contributed by atoms with E-state index in [2.05, 4.69) is 15.3 Å². The highest BCUT2D eigenvalue weighted by atomic mass is 16.7. The number of nitrogens with one attached hydrogen (secondary N) is 1. The quantitative estimate of drug-likeness (QED) is 0.621. The van der Waals surface area contributed by atoms with Gasteiger partial charge in [-0.3, -0.25) is 9.78 Å². The zero-order valence-electron chi connectivity index (χ0n) is 19.2. The average Bonchev–Trinajstić information content (AvgIpc) is 2.80. The van der Waals surface area contributed by atoms with E-state index < -0.39 is 5.79 Å². The summed E-state index contributed by atoms with van der Waals surface area (Å²) >= 11 is 0. The molecule has 4 rings (SSSR count). The number of pyridine rings is 2. The lowest BCUT2D eigenvalue weighted by Gasteiger charge is -2.34. The molecule has 7 heteroatoms. The van der Waals surface area contributed by atoms with Crippen LogP contribution in [-0.4, -0.2) is 21.7 Å². The number of carbonyl (C=O) groups is 1. The van der Waals surface area contributed by atoms with Crippen molar-refractivity contribution in [3.05, 3.63) is 71.2 Å². The van der Waals surface area contributed by atoms with Gasteiger partial charge in [-0.1, -0.05) is 26.0 Å². The van der Waals surface area contributed by atoms with Gasteiger partial charge in [0.15, 0.2) is 0 Å². The summed E-state index contributed by atoms with van der Waals surface area (Å²) < 4.78 is 11.7. The second kappa shape index (κ2) is 9.78. The summed E-state index contributed by atoms with van der Waals surface area (Å²) in [5.41, 5.74) is 10.7. The van der Waals surface area contributed by atoms with Crippen LogP contribution < -0.4 is 15.8 Å². The highest BCUT2D eigenvalue weighted by Crippen LogP contribution is 2.35. The van der Waals surface area contributed by atoms with Crippen molar-refractivity contribution in [1.82, 2.24) is 15.3 Å². The molecule has 0 bridgehead atoms. The maximum Gasteiger partial charge on any atom is 0.251 e. The molecule has 0 unspecified atom stereocenters. The first-order valence-corrected chi connectivity index (χ1v) is 10.7. The van der Waals surface area contributed by atoms with Crippen LogP contribution in [-0.2, 0) is 17.9 Å². The Bertz CT molecular complexity index is 1080. The Morgan fingerprint density at radius 3 is 2.41 bits per heavy atom. The van der Waals surface area contributed by atoms with Crippen LogP contribution in [0.4, 0.5) is 5.82 Å². The van der Waals surface area contributed by atoms with Gasteiger partial charge >= 0.3 is 0 Å². The molecular formula is C25H30N4O3. The number of aromatic nitrogens is 2. The molecular weight excluding hydrogens is 404 g/mol. The summed E-state index contributed by atoms with van der Waals surface area (Å²) in [7, 11) is 0. The lowest BCUT2D eigenvalue weighted by Crippen LogP contribution is -2.36. The molecule has 0 atom stereocenters. The van der Waals surface area contributed by atoms with Gasteiger partial charge in [-0.25, -0.2) is 4.98 Å². The molecule has 0 aliphatic carbocycles. The predicted octanol–water partition coefficient (Wildman–Crippen LogP) is 4.64. The fourth-order valence-electron chi connectivity index (χ4n) is 3.31. The monoisotopic (exact) mass is 434 g/mol. The lowest BCUT2D eigenvalue weighted by molar-refractivity contribution is -0.180. The topological polar surface area (TPSA) is 99.4 Å². The molecule has 0 radical (unpaired) electrons. The van der Waals surface area contributed by atoms with E-state index in [0.717, 1.165) is 33.7 Å². The number of amides is 1. The maximum atomic E-state index is 12.6. The molecule has 1 amide bonds. The van der Waals surface area contributed by atoms with Gasteiger partial charge in [0.2, 0.25) is 5.79 Å². The molecule has 168 valence electrons. The van der Waals surface area contributed by atoms with Gasteiger partial charge in [0.05, 0.1) is 12.3 Å². The molecule has 1 aliphatic heterocycles. The summed E-state index contributed by atoms with van der Waals surface area (Å²) in [5, 5.41) is 2.95. The third-order valence-corrected chi connectivity index (χ3v) is 5.02. The van der Waals surface area contributed by atoms with Crippen molar-refractivity contribution in [2.24, 2.45) is 0 Å². The van der Waals surface area contributed by atoms with Crippen LogP contribution in [0.1, 0.15) is 54.9 Å². The van der Waals surface area contributed by atoms with Crippen molar-refractivity contribution >= 4 is 11.7 Å². The van der Waals surface area contributed by atoms with E-state index in [1.165, 1.54) is 0 Å². The van der Waals surface area contributed by atoms with Crippen molar-refractivity contribution in [2.45, 2.75) is 53.6 Å². The number of carbonyl (C=O) groups excluding carboxylic acids is 1. The van der Waals surface area contributed by atoms with Crippen LogP contribution in [0, 0.1) is 6.92 Å². The Morgan fingerprint density at radius 1 is 1.06 bits per heavy atom. The first-order chi connectivity index (χ1) is 15.3. The van der Waals surface area contributed by atoms with Crippen LogP contribution in [0.5, 0.6) is 5.75 Å². The summed E-state index contributed by atoms with van der Waals surface area (Å²) in [4.78, 5) is 21.1. The van der Waals surface area contributed by atoms with Crippen LogP contribution in [0.2, 0.25) is 0 Å². The Morgan fingerprint density at radius 2 is 1.75 bits per heavy atom. The maximum absolute atomic E-state index is 12.6. The van der Waals surface area contributed by atoms with Crippen molar-refractivity contribution in [3.8, 4) is 16.9 Å². The lowest BCUT2D eigenvalue weighted by atomic mass is 10.0. The van der Waals surface area contributed by atoms with Gasteiger partial charge in [0, 0.05) is 49.5 Å². The van der Waals surface area contributed by atoms with Gasteiger partial charge in [-0.2, -0.15) is 0 Å². The molecule has 3 heterocycles. The number of nitrogens with zero attached hydrogens (tertiary/aromatic N) is 2. The number of hydrogen-bond acceptors (Lipinski definition) is 6. The minimum atomic E-state index is -0.691. The normalized spacial score (nSPS) is 13.8. The highest BCUT2D eigenvalue weighted by Gasteiger charge is 2.30. The predicted molar refractivity (Wildman–Crippen MR) is 125 cm³/mol. The fraction of sp³-hybridized carbons (Fsp3) is 0.320. The summed E-state index contributed by atoms with van der Waals surface area (Å²) in [6.07, 6.45) is 3.47. The smallest absolute Gasteiger partial charge is 0.251 e. The molecule has 32 heavy (non-hydrogen) atoms. The zero-order chi connectivity index (χ0) is 23.3. The van der Waals surface area contributed by atoms with E-state index in [-0.39, 0.29) is 5.91 Å². The Kier molecular flexibility index (Phi) is 7.10.